The Kier molecular flexibility index (Phi) is 8.04. The smallest absolute Gasteiger partial charge is 0.242 e. The second-order valence-corrected chi connectivity index (χ2v) is 9.13. The number of hydrogen-bond acceptors (Lipinski definition) is 4. The fraction of sp³-hybridized carbons (Fsp3) is 0.381. The molecule has 2 N–H and O–H groups in total. The van der Waals surface area contributed by atoms with Crippen molar-refractivity contribution in [2.75, 3.05) is 27.7 Å². The molecule has 0 saturated heterocycles. The van der Waals surface area contributed by atoms with Crippen molar-refractivity contribution in [1.82, 2.24) is 14.9 Å². The van der Waals surface area contributed by atoms with Crippen LogP contribution in [-0.4, -0.2) is 52.5 Å². The minimum atomic E-state index is -3.41. The third-order valence-corrected chi connectivity index (χ3v) is 6.10. The number of nitrogens with zero attached hydrogens (tertiary/aromatic N) is 2. The molecule has 0 aliphatic rings. The Morgan fingerprint density at radius 2 is 1.83 bits per heavy atom. The molecule has 158 valence electrons. The quantitative estimate of drug-likeness (QED) is 0.508. The lowest BCUT2D eigenvalue weighted by atomic mass is 10.2. The van der Waals surface area contributed by atoms with Gasteiger partial charge in [-0.25, -0.2) is 12.7 Å². The Morgan fingerprint density at radius 1 is 1.14 bits per heavy atom. The SMILES string of the molecule is CN=C(NCc1ccc(S(=O)(=O)N(C)C)cc1)NCC(C)Oc1cccc(C)c1. The van der Waals surface area contributed by atoms with Crippen LogP contribution in [-0.2, 0) is 16.6 Å². The largest absolute Gasteiger partial charge is 0.489 e. The first-order chi connectivity index (χ1) is 13.7. The van der Waals surface area contributed by atoms with Gasteiger partial charge in [0, 0.05) is 27.7 Å². The average Bonchev–Trinajstić information content (AvgIpc) is 2.68. The first-order valence-electron chi connectivity index (χ1n) is 9.41. The van der Waals surface area contributed by atoms with E-state index >= 15 is 0 Å². The number of ether oxygens (including phenoxy) is 1. The molecule has 0 spiro atoms. The van der Waals surface area contributed by atoms with Gasteiger partial charge in [0.25, 0.3) is 0 Å². The molecule has 0 radical (unpaired) electrons. The normalized spacial score (nSPS) is 13.2. The van der Waals surface area contributed by atoms with Gasteiger partial charge in [-0.05, 0) is 49.2 Å². The fourth-order valence-electron chi connectivity index (χ4n) is 2.60. The van der Waals surface area contributed by atoms with Crippen LogP contribution in [0.25, 0.3) is 0 Å². The van der Waals surface area contributed by atoms with Gasteiger partial charge in [-0.2, -0.15) is 0 Å². The summed E-state index contributed by atoms with van der Waals surface area (Å²) in [4.78, 5) is 4.49. The Balaban J connectivity index is 1.84. The Morgan fingerprint density at radius 3 is 2.41 bits per heavy atom. The van der Waals surface area contributed by atoms with Crippen LogP contribution < -0.4 is 15.4 Å². The molecule has 2 rings (SSSR count). The van der Waals surface area contributed by atoms with Crippen LogP contribution in [0.5, 0.6) is 5.75 Å². The summed E-state index contributed by atoms with van der Waals surface area (Å²) >= 11 is 0. The lowest BCUT2D eigenvalue weighted by Crippen LogP contribution is -2.41. The van der Waals surface area contributed by atoms with E-state index in [4.69, 9.17) is 4.74 Å². The molecule has 29 heavy (non-hydrogen) atoms. The molecule has 0 amide bonds. The van der Waals surface area contributed by atoms with Gasteiger partial charge in [-0.15, -0.1) is 0 Å². The first kappa shape index (κ1) is 22.7. The number of hydrogen-bond donors (Lipinski definition) is 2. The van der Waals surface area contributed by atoms with E-state index in [1.807, 2.05) is 38.1 Å². The van der Waals surface area contributed by atoms with E-state index in [1.54, 1.807) is 31.3 Å². The highest BCUT2D eigenvalue weighted by Gasteiger charge is 2.16. The summed E-state index contributed by atoms with van der Waals surface area (Å²) in [6, 6.07) is 14.8. The third-order valence-electron chi connectivity index (χ3n) is 4.27. The monoisotopic (exact) mass is 418 g/mol. The Bertz CT molecular complexity index is 925. The first-order valence-corrected chi connectivity index (χ1v) is 10.9. The minimum absolute atomic E-state index is 0.0362. The summed E-state index contributed by atoms with van der Waals surface area (Å²) in [6.45, 7) is 5.14. The van der Waals surface area contributed by atoms with Crippen molar-refractivity contribution in [3.8, 4) is 5.75 Å². The zero-order valence-corrected chi connectivity index (χ0v) is 18.5. The predicted molar refractivity (Wildman–Crippen MR) is 117 cm³/mol. The average molecular weight is 419 g/mol. The van der Waals surface area contributed by atoms with E-state index in [1.165, 1.54) is 18.4 Å². The van der Waals surface area contributed by atoms with Crippen LogP contribution in [0.4, 0.5) is 0 Å². The lowest BCUT2D eigenvalue weighted by molar-refractivity contribution is 0.223. The fourth-order valence-corrected chi connectivity index (χ4v) is 3.50. The van der Waals surface area contributed by atoms with Crippen LogP contribution in [0, 0.1) is 6.92 Å². The molecule has 0 aromatic heterocycles. The van der Waals surface area contributed by atoms with E-state index < -0.39 is 10.0 Å². The Labute approximate surface area is 173 Å². The predicted octanol–water partition coefficient (Wildman–Crippen LogP) is 2.38. The molecule has 0 aliphatic heterocycles. The number of sulfonamides is 1. The van der Waals surface area contributed by atoms with Crippen molar-refractivity contribution in [2.24, 2.45) is 4.99 Å². The van der Waals surface area contributed by atoms with Gasteiger partial charge in [0.2, 0.25) is 10.0 Å². The number of rotatable bonds is 8. The maximum absolute atomic E-state index is 12.1. The molecule has 0 heterocycles. The van der Waals surface area contributed by atoms with Crippen LogP contribution in [0.1, 0.15) is 18.1 Å². The molecule has 0 saturated carbocycles. The Hall–Kier alpha value is -2.58. The summed E-state index contributed by atoms with van der Waals surface area (Å²) in [5.41, 5.74) is 2.11. The van der Waals surface area contributed by atoms with E-state index in [9.17, 15) is 8.42 Å². The summed E-state index contributed by atoms with van der Waals surface area (Å²) in [7, 11) is 1.33. The number of aryl methyl sites for hydroxylation is 1. The van der Waals surface area contributed by atoms with E-state index in [2.05, 4.69) is 15.6 Å². The summed E-state index contributed by atoms with van der Waals surface area (Å²) in [6.07, 6.45) is -0.0362. The highest BCUT2D eigenvalue weighted by atomic mass is 32.2. The van der Waals surface area contributed by atoms with Gasteiger partial charge in [-0.3, -0.25) is 4.99 Å². The van der Waals surface area contributed by atoms with Crippen molar-refractivity contribution in [3.05, 3.63) is 59.7 Å². The third kappa shape index (κ3) is 6.76. The number of guanidine groups is 1. The van der Waals surface area contributed by atoms with Crippen molar-refractivity contribution in [2.45, 2.75) is 31.4 Å². The van der Waals surface area contributed by atoms with Crippen molar-refractivity contribution in [1.29, 1.82) is 0 Å². The molecule has 7 nitrogen and oxygen atoms in total. The summed E-state index contributed by atoms with van der Waals surface area (Å²) < 4.78 is 31.4. The molecule has 2 aromatic carbocycles. The van der Waals surface area contributed by atoms with Gasteiger partial charge in [0.05, 0.1) is 11.4 Å². The standard InChI is InChI=1S/C21H30N4O3S/c1-16-7-6-8-19(13-16)28-17(2)14-23-21(22-3)24-15-18-9-11-20(12-10-18)29(26,27)25(4)5/h6-13,17H,14-15H2,1-5H3,(H2,22,23,24). The molecular weight excluding hydrogens is 388 g/mol. The maximum Gasteiger partial charge on any atom is 0.242 e. The van der Waals surface area contributed by atoms with Gasteiger partial charge >= 0.3 is 0 Å². The van der Waals surface area contributed by atoms with Gasteiger partial charge in [0.1, 0.15) is 11.9 Å². The molecule has 0 aliphatic carbocycles. The molecular formula is C21H30N4O3S. The van der Waals surface area contributed by atoms with Gasteiger partial charge in [0.15, 0.2) is 5.96 Å². The second-order valence-electron chi connectivity index (χ2n) is 6.98. The number of benzene rings is 2. The lowest BCUT2D eigenvalue weighted by Gasteiger charge is -2.18. The summed E-state index contributed by atoms with van der Waals surface area (Å²) in [5.74, 6) is 1.49. The van der Waals surface area contributed by atoms with E-state index in [0.717, 1.165) is 16.9 Å². The topological polar surface area (TPSA) is 83.0 Å². The van der Waals surface area contributed by atoms with E-state index in [-0.39, 0.29) is 11.0 Å². The highest BCUT2D eigenvalue weighted by molar-refractivity contribution is 7.89. The molecule has 8 heteroatoms. The molecule has 1 atom stereocenters. The highest BCUT2D eigenvalue weighted by Crippen LogP contribution is 2.15. The van der Waals surface area contributed by atoms with Crippen LogP contribution in [0.15, 0.2) is 58.4 Å². The van der Waals surface area contributed by atoms with Crippen LogP contribution in [0.3, 0.4) is 0 Å². The number of aliphatic imine (C=N–C) groups is 1. The number of nitrogens with one attached hydrogen (secondary N) is 2. The summed E-state index contributed by atoms with van der Waals surface area (Å²) in [5, 5.41) is 6.45. The minimum Gasteiger partial charge on any atom is -0.489 e. The molecule has 2 aromatic rings. The maximum atomic E-state index is 12.1. The van der Waals surface area contributed by atoms with Gasteiger partial charge < -0.3 is 15.4 Å². The van der Waals surface area contributed by atoms with E-state index in [0.29, 0.717) is 19.0 Å². The van der Waals surface area contributed by atoms with Crippen LogP contribution in [0.2, 0.25) is 0 Å². The van der Waals surface area contributed by atoms with Crippen molar-refractivity contribution >= 4 is 16.0 Å². The second kappa shape index (κ2) is 10.3. The molecule has 0 fully saturated rings. The van der Waals surface area contributed by atoms with Gasteiger partial charge in [-0.1, -0.05) is 24.3 Å². The molecule has 1 unspecified atom stereocenters. The van der Waals surface area contributed by atoms with Crippen LogP contribution >= 0.6 is 0 Å². The van der Waals surface area contributed by atoms with Crippen molar-refractivity contribution in [3.63, 3.8) is 0 Å². The molecule has 0 bridgehead atoms. The zero-order chi connectivity index (χ0) is 21.4. The zero-order valence-electron chi connectivity index (χ0n) is 17.6. The van der Waals surface area contributed by atoms with Crippen molar-refractivity contribution < 1.29 is 13.2 Å².